The van der Waals surface area contributed by atoms with Crippen LogP contribution in [0.15, 0.2) is 54.7 Å². The number of nitrogens with one attached hydrogen (secondary N) is 2. The molecule has 0 bridgehead atoms. The molecule has 0 aliphatic rings. The number of aromatic amines is 1. The first kappa shape index (κ1) is 17.7. The first-order chi connectivity index (χ1) is 12.6. The van der Waals surface area contributed by atoms with Crippen LogP contribution in [0.2, 0.25) is 0 Å². The first-order valence-corrected chi connectivity index (χ1v) is 8.36. The summed E-state index contributed by atoms with van der Waals surface area (Å²) in [6, 6.07) is 15.7. The second kappa shape index (κ2) is 7.84. The lowest BCUT2D eigenvalue weighted by Gasteiger charge is -2.24. The fourth-order valence-electron chi connectivity index (χ4n) is 3.18. The summed E-state index contributed by atoms with van der Waals surface area (Å²) in [4.78, 5) is 25.6. The summed E-state index contributed by atoms with van der Waals surface area (Å²) in [6.07, 6.45) is 1.00. The Morgan fingerprint density at radius 3 is 2.69 bits per heavy atom. The molecule has 0 radical (unpaired) electrons. The Kier molecular flexibility index (Phi) is 5.34. The quantitative estimate of drug-likeness (QED) is 0.450. The molecule has 1 amide bonds. The van der Waals surface area contributed by atoms with E-state index in [1.54, 1.807) is 0 Å². The maximum Gasteiger partial charge on any atom is 0.406 e. The lowest BCUT2D eigenvalue weighted by Crippen LogP contribution is -2.40. The summed E-state index contributed by atoms with van der Waals surface area (Å²) in [5, 5.41) is 4.21. The molecular weight excluding hydrogens is 330 g/mol. The van der Waals surface area contributed by atoms with Gasteiger partial charge in [-0.15, -0.1) is 0 Å². The number of benzene rings is 2. The number of amides is 1. The number of para-hydroxylation sites is 1. The monoisotopic (exact) mass is 351 g/mol. The van der Waals surface area contributed by atoms with Crippen LogP contribution in [0.3, 0.4) is 0 Å². The number of hydrogen-bond donors (Lipinski definition) is 3. The molecule has 0 saturated heterocycles. The van der Waals surface area contributed by atoms with Gasteiger partial charge in [0.25, 0.3) is 0 Å². The van der Waals surface area contributed by atoms with E-state index >= 15 is 0 Å². The predicted molar refractivity (Wildman–Crippen MR) is 99.6 cm³/mol. The summed E-state index contributed by atoms with van der Waals surface area (Å²) in [5.41, 5.74) is 9.31. The summed E-state index contributed by atoms with van der Waals surface area (Å²) < 4.78 is 4.85. The van der Waals surface area contributed by atoms with Gasteiger partial charge in [-0.05, 0) is 36.1 Å². The standard InChI is InChI=1S/C20H21N3O3/c1-13-6-2-3-7-15(13)18(23-19(12-24)26-20(21)25)10-14-11-22-17-9-5-4-8-16(14)17/h2-9,11-12,18-19,22-23H,10H2,1H3,(H2,21,25). The van der Waals surface area contributed by atoms with Crippen LogP contribution in [-0.4, -0.2) is 23.6 Å². The van der Waals surface area contributed by atoms with Crippen molar-refractivity contribution in [2.75, 3.05) is 0 Å². The van der Waals surface area contributed by atoms with Crippen molar-refractivity contribution in [2.24, 2.45) is 5.73 Å². The highest BCUT2D eigenvalue weighted by Gasteiger charge is 2.21. The Balaban J connectivity index is 1.93. The molecule has 2 unspecified atom stereocenters. The van der Waals surface area contributed by atoms with Crippen LogP contribution in [0.4, 0.5) is 4.79 Å². The van der Waals surface area contributed by atoms with Crippen molar-refractivity contribution in [1.82, 2.24) is 10.3 Å². The Labute approximate surface area is 151 Å². The highest BCUT2D eigenvalue weighted by Crippen LogP contribution is 2.26. The average molecular weight is 351 g/mol. The normalized spacial score (nSPS) is 13.3. The van der Waals surface area contributed by atoms with E-state index in [4.69, 9.17) is 10.5 Å². The Bertz CT molecular complexity index is 919. The summed E-state index contributed by atoms with van der Waals surface area (Å²) >= 11 is 0. The van der Waals surface area contributed by atoms with Gasteiger partial charge in [-0.25, -0.2) is 4.79 Å². The molecule has 6 heteroatoms. The number of carbonyl (C=O) groups is 2. The van der Waals surface area contributed by atoms with E-state index in [-0.39, 0.29) is 6.04 Å². The van der Waals surface area contributed by atoms with Crippen molar-refractivity contribution in [2.45, 2.75) is 25.6 Å². The van der Waals surface area contributed by atoms with Gasteiger partial charge < -0.3 is 15.5 Å². The van der Waals surface area contributed by atoms with Crippen LogP contribution in [0.1, 0.15) is 22.7 Å². The van der Waals surface area contributed by atoms with Gasteiger partial charge in [0, 0.05) is 23.1 Å². The van der Waals surface area contributed by atoms with Crippen LogP contribution in [0, 0.1) is 6.92 Å². The van der Waals surface area contributed by atoms with Crippen molar-refractivity contribution in [3.05, 3.63) is 71.4 Å². The third-order valence-corrected chi connectivity index (χ3v) is 4.40. The fourth-order valence-corrected chi connectivity index (χ4v) is 3.18. The number of rotatable bonds is 7. The van der Waals surface area contributed by atoms with Crippen LogP contribution in [0.25, 0.3) is 10.9 Å². The molecular formula is C20H21N3O3. The maximum absolute atomic E-state index is 11.3. The minimum absolute atomic E-state index is 0.232. The average Bonchev–Trinajstić information content (AvgIpc) is 3.03. The van der Waals surface area contributed by atoms with E-state index in [9.17, 15) is 9.59 Å². The zero-order valence-electron chi connectivity index (χ0n) is 14.4. The van der Waals surface area contributed by atoms with Gasteiger partial charge >= 0.3 is 6.09 Å². The van der Waals surface area contributed by atoms with Crippen molar-refractivity contribution < 1.29 is 14.3 Å². The number of nitrogens with two attached hydrogens (primary N) is 1. The molecule has 134 valence electrons. The molecule has 3 rings (SSSR count). The molecule has 1 heterocycles. The number of fused-ring (bicyclic) bond motifs is 1. The number of hydrogen-bond acceptors (Lipinski definition) is 4. The zero-order chi connectivity index (χ0) is 18.5. The fraction of sp³-hybridized carbons (Fsp3) is 0.200. The summed E-state index contributed by atoms with van der Waals surface area (Å²) in [5.74, 6) is 0. The highest BCUT2D eigenvalue weighted by atomic mass is 16.6. The number of aryl methyl sites for hydroxylation is 1. The molecule has 4 N–H and O–H groups in total. The molecule has 0 fully saturated rings. The smallest absolute Gasteiger partial charge is 0.406 e. The highest BCUT2D eigenvalue weighted by molar-refractivity contribution is 5.83. The zero-order valence-corrected chi connectivity index (χ0v) is 14.4. The predicted octanol–water partition coefficient (Wildman–Crippen LogP) is 2.97. The van der Waals surface area contributed by atoms with Gasteiger partial charge in [0.1, 0.15) is 0 Å². The van der Waals surface area contributed by atoms with Gasteiger partial charge in [0.15, 0.2) is 6.29 Å². The van der Waals surface area contributed by atoms with Gasteiger partial charge in [-0.2, -0.15) is 0 Å². The molecule has 2 atom stereocenters. The molecule has 26 heavy (non-hydrogen) atoms. The number of aldehydes is 1. The van der Waals surface area contributed by atoms with Gasteiger partial charge in [-0.3, -0.25) is 10.1 Å². The number of ether oxygens (including phenoxy) is 1. The minimum Gasteiger partial charge on any atom is -0.423 e. The van der Waals surface area contributed by atoms with Gasteiger partial charge in [0.2, 0.25) is 6.23 Å². The van der Waals surface area contributed by atoms with Crippen molar-refractivity contribution >= 4 is 23.3 Å². The SMILES string of the molecule is Cc1ccccc1C(Cc1c[nH]c2ccccc12)NC(C=O)OC(N)=O. The summed E-state index contributed by atoms with van der Waals surface area (Å²) in [6.45, 7) is 2.00. The van der Waals surface area contributed by atoms with Crippen LogP contribution in [-0.2, 0) is 16.0 Å². The molecule has 0 spiro atoms. The third kappa shape index (κ3) is 3.92. The van der Waals surface area contributed by atoms with E-state index in [2.05, 4.69) is 10.3 Å². The van der Waals surface area contributed by atoms with Gasteiger partial charge in [-0.1, -0.05) is 42.5 Å². The Hall–Kier alpha value is -3.12. The van der Waals surface area contributed by atoms with E-state index in [1.165, 1.54) is 0 Å². The lowest BCUT2D eigenvalue weighted by molar-refractivity contribution is -0.116. The third-order valence-electron chi connectivity index (χ3n) is 4.40. The van der Waals surface area contributed by atoms with E-state index in [0.29, 0.717) is 12.7 Å². The second-order valence-corrected chi connectivity index (χ2v) is 6.13. The largest absolute Gasteiger partial charge is 0.423 e. The lowest BCUT2D eigenvalue weighted by atomic mass is 9.95. The van der Waals surface area contributed by atoms with E-state index < -0.39 is 12.3 Å². The number of H-pyrrole nitrogens is 1. The Morgan fingerprint density at radius 2 is 1.96 bits per heavy atom. The first-order valence-electron chi connectivity index (χ1n) is 8.36. The minimum atomic E-state index is -1.11. The van der Waals surface area contributed by atoms with Crippen molar-refractivity contribution in [1.29, 1.82) is 0 Å². The molecule has 0 saturated carbocycles. The molecule has 6 nitrogen and oxygen atoms in total. The van der Waals surface area contributed by atoms with Crippen molar-refractivity contribution in [3.8, 4) is 0 Å². The van der Waals surface area contributed by atoms with Crippen LogP contribution in [0.5, 0.6) is 0 Å². The molecule has 1 aromatic heterocycles. The molecule has 3 aromatic rings. The number of carbonyl (C=O) groups excluding carboxylic acids is 2. The Morgan fingerprint density at radius 1 is 1.23 bits per heavy atom. The van der Waals surface area contributed by atoms with Crippen LogP contribution < -0.4 is 11.1 Å². The molecule has 0 aliphatic heterocycles. The molecule has 0 aliphatic carbocycles. The second-order valence-electron chi connectivity index (χ2n) is 6.13. The van der Waals surface area contributed by atoms with Crippen molar-refractivity contribution in [3.63, 3.8) is 0 Å². The molecule has 2 aromatic carbocycles. The maximum atomic E-state index is 11.3. The summed E-state index contributed by atoms with van der Waals surface area (Å²) in [7, 11) is 0. The topological polar surface area (TPSA) is 97.2 Å². The number of aromatic nitrogens is 1. The number of primary amides is 1. The van der Waals surface area contributed by atoms with E-state index in [0.717, 1.165) is 27.6 Å². The van der Waals surface area contributed by atoms with Crippen LogP contribution >= 0.6 is 0 Å². The van der Waals surface area contributed by atoms with Gasteiger partial charge in [0.05, 0.1) is 0 Å². The van der Waals surface area contributed by atoms with E-state index in [1.807, 2.05) is 61.7 Å².